The van der Waals surface area contributed by atoms with Crippen molar-refractivity contribution in [1.82, 2.24) is 24.4 Å². The molecule has 7 rings (SSSR count). The molecule has 0 bridgehead atoms. The molecule has 2 fully saturated rings. The Labute approximate surface area is 275 Å². The highest BCUT2D eigenvalue weighted by Crippen LogP contribution is 2.43. The lowest BCUT2D eigenvalue weighted by Gasteiger charge is -2.63. The summed E-state index contributed by atoms with van der Waals surface area (Å²) >= 11 is 7.63. The Morgan fingerprint density at radius 1 is 1.23 bits per heavy atom. The van der Waals surface area contributed by atoms with E-state index in [0.29, 0.717) is 57.6 Å². The molecule has 6 heterocycles. The highest BCUT2D eigenvalue weighted by atomic mass is 35.5. The number of thiophene rings is 1. The van der Waals surface area contributed by atoms with Gasteiger partial charge in [0.25, 0.3) is 12.0 Å². The largest absolute Gasteiger partial charge is 0.478 e. The van der Waals surface area contributed by atoms with Crippen LogP contribution in [0.1, 0.15) is 33.7 Å². The maximum atomic E-state index is 13.9. The average molecular weight is 672 g/mol. The summed E-state index contributed by atoms with van der Waals surface area (Å²) in [4.78, 5) is 42.6. The number of aromatic carboxylic acids is 1. The minimum atomic E-state index is -2.42. The number of halogens is 3. The number of nitrogens with zero attached hydrogens (tertiary/aromatic N) is 7. The van der Waals surface area contributed by atoms with Gasteiger partial charge in [-0.15, -0.1) is 11.3 Å². The molecule has 1 N–H and O–H groups in total. The van der Waals surface area contributed by atoms with E-state index in [4.69, 9.17) is 11.6 Å². The van der Waals surface area contributed by atoms with Crippen LogP contribution in [0, 0.1) is 30.1 Å². The molecule has 14 heteroatoms. The third kappa shape index (κ3) is 5.17. The van der Waals surface area contributed by atoms with Gasteiger partial charge in [-0.05, 0) is 37.6 Å². The highest BCUT2D eigenvalue weighted by Gasteiger charge is 2.54. The molecule has 2 saturated heterocycles. The van der Waals surface area contributed by atoms with Crippen molar-refractivity contribution in [2.75, 3.05) is 31.1 Å². The predicted molar refractivity (Wildman–Crippen MR) is 174 cm³/mol. The molecule has 0 unspecified atom stereocenters. The number of anilines is 1. The smallest absolute Gasteiger partial charge is 0.338 e. The van der Waals surface area contributed by atoms with Crippen LogP contribution >= 0.6 is 22.9 Å². The van der Waals surface area contributed by atoms with Crippen molar-refractivity contribution in [3.05, 3.63) is 79.9 Å². The number of rotatable bonds is 6. The number of carboxylic acids is 1. The zero-order chi connectivity index (χ0) is 33.0. The second-order valence-electron chi connectivity index (χ2n) is 11.5. The summed E-state index contributed by atoms with van der Waals surface area (Å²) < 4.78 is 27.9. The fourth-order valence-electron chi connectivity index (χ4n) is 6.47. The Hall–Kier alpha value is -4.95. The van der Waals surface area contributed by atoms with Crippen LogP contribution in [0.3, 0.4) is 0 Å². The van der Waals surface area contributed by atoms with Gasteiger partial charge in [0, 0.05) is 52.9 Å². The van der Waals surface area contributed by atoms with Crippen molar-refractivity contribution in [1.29, 1.82) is 5.26 Å². The van der Waals surface area contributed by atoms with Crippen LogP contribution < -0.4 is 10.5 Å². The molecular weight excluding hydrogens is 648 g/mol. The number of aryl methyl sites for hydroxylation is 1. The summed E-state index contributed by atoms with van der Waals surface area (Å²) in [5, 5.41) is 21.9. The van der Waals surface area contributed by atoms with Gasteiger partial charge in [0.15, 0.2) is 0 Å². The van der Waals surface area contributed by atoms with Crippen LogP contribution in [0.25, 0.3) is 32.2 Å². The van der Waals surface area contributed by atoms with Crippen LogP contribution in [0.5, 0.6) is 0 Å². The van der Waals surface area contributed by atoms with Crippen molar-refractivity contribution in [2.45, 2.75) is 31.9 Å². The molecule has 0 aliphatic carbocycles. The molecule has 0 atom stereocenters. The fraction of sp³-hybridized carbons (Fsp3) is 0.273. The number of hydrogen-bond donors (Lipinski definition) is 1. The van der Waals surface area contributed by atoms with Gasteiger partial charge < -0.3 is 10.0 Å². The third-order valence-electron chi connectivity index (χ3n) is 8.76. The Kier molecular flexibility index (Phi) is 7.63. The minimum Gasteiger partial charge on any atom is -0.478 e. The van der Waals surface area contributed by atoms with Crippen LogP contribution in [0.2, 0.25) is 5.02 Å². The maximum absolute atomic E-state index is 13.9. The van der Waals surface area contributed by atoms with Gasteiger partial charge in [0.1, 0.15) is 23.3 Å². The lowest BCUT2D eigenvalue weighted by Crippen LogP contribution is -2.77. The fourth-order valence-corrected chi connectivity index (χ4v) is 7.67. The van der Waals surface area contributed by atoms with Crippen molar-refractivity contribution in [3.8, 4) is 29.0 Å². The number of carboxylic acid groups (broad SMARTS) is 1. The summed E-state index contributed by atoms with van der Waals surface area (Å²) in [6.45, 7) is 2.84. The van der Waals surface area contributed by atoms with Gasteiger partial charge in [0.2, 0.25) is 0 Å². The number of likely N-dealkylation sites (tertiary alicyclic amines) is 1. The number of benzene rings is 1. The van der Waals surface area contributed by atoms with E-state index in [1.807, 2.05) is 4.90 Å². The number of pyridine rings is 2. The zero-order valence-electron chi connectivity index (χ0n) is 24.8. The normalized spacial score (nSPS) is 15.4. The summed E-state index contributed by atoms with van der Waals surface area (Å²) in [7, 11) is 0. The molecule has 5 aromatic rings. The Balaban J connectivity index is 1.24. The zero-order valence-corrected chi connectivity index (χ0v) is 26.4. The first-order valence-corrected chi connectivity index (χ1v) is 15.8. The van der Waals surface area contributed by atoms with E-state index < -0.39 is 18.0 Å². The summed E-state index contributed by atoms with van der Waals surface area (Å²) in [6, 6.07) is 9.15. The Morgan fingerprint density at radius 3 is 2.74 bits per heavy atom. The highest BCUT2D eigenvalue weighted by molar-refractivity contribution is 7.18. The Morgan fingerprint density at radius 2 is 2.04 bits per heavy atom. The molecule has 10 nitrogen and oxygen atoms in total. The number of fused-ring (bicyclic) bond motifs is 2. The maximum Gasteiger partial charge on any atom is 0.338 e. The monoisotopic (exact) mass is 671 g/mol. The minimum absolute atomic E-state index is 0.0254. The van der Waals surface area contributed by atoms with E-state index in [2.05, 4.69) is 32.9 Å². The molecule has 1 aromatic carbocycles. The summed E-state index contributed by atoms with van der Waals surface area (Å²) in [6.07, 6.45) is 1.39. The lowest BCUT2D eigenvalue weighted by atomic mass is 9.77. The van der Waals surface area contributed by atoms with E-state index in [-0.39, 0.29) is 40.7 Å². The summed E-state index contributed by atoms with van der Waals surface area (Å²) in [5.41, 5.74) is 2.09. The number of hydrogen-bond acceptors (Lipinski definition) is 9. The van der Waals surface area contributed by atoms with Crippen molar-refractivity contribution in [2.24, 2.45) is 0 Å². The van der Waals surface area contributed by atoms with Crippen LogP contribution in [-0.2, 0) is 6.54 Å². The number of carbonyl (C=O) groups is 1. The second-order valence-corrected chi connectivity index (χ2v) is 12.9. The molecule has 236 valence electrons. The van der Waals surface area contributed by atoms with Gasteiger partial charge in [-0.25, -0.2) is 23.5 Å². The van der Waals surface area contributed by atoms with Crippen LogP contribution in [-0.4, -0.2) is 73.6 Å². The summed E-state index contributed by atoms with van der Waals surface area (Å²) in [5.74, 6) is 5.88. The van der Waals surface area contributed by atoms with E-state index in [1.54, 1.807) is 47.7 Å². The van der Waals surface area contributed by atoms with E-state index in [0.717, 1.165) is 12.0 Å². The first-order valence-electron chi connectivity index (χ1n) is 14.6. The van der Waals surface area contributed by atoms with Crippen LogP contribution in [0.4, 0.5) is 14.6 Å². The average Bonchev–Trinajstić information content (AvgIpc) is 3.45. The van der Waals surface area contributed by atoms with Crippen LogP contribution in [0.15, 0.2) is 46.8 Å². The number of alkyl halides is 2. The van der Waals surface area contributed by atoms with Gasteiger partial charge in [-0.3, -0.25) is 19.2 Å². The van der Waals surface area contributed by atoms with Gasteiger partial charge in [-0.2, -0.15) is 5.26 Å². The predicted octanol–water partition coefficient (Wildman–Crippen LogP) is 5.18. The number of aromatic nitrogens is 4. The van der Waals surface area contributed by atoms with Crippen molar-refractivity contribution in [3.63, 3.8) is 0 Å². The Bertz CT molecular complexity index is 2280. The first-order chi connectivity index (χ1) is 22.6. The molecule has 0 saturated carbocycles. The second kappa shape index (κ2) is 11.7. The van der Waals surface area contributed by atoms with E-state index >= 15 is 0 Å². The first kappa shape index (κ1) is 30.7. The van der Waals surface area contributed by atoms with Crippen molar-refractivity contribution < 1.29 is 18.7 Å². The van der Waals surface area contributed by atoms with E-state index in [1.165, 1.54) is 22.1 Å². The molecule has 2 aliphatic heterocycles. The standard InChI is InChI=1S/C33H24ClF2N7O3S/c1-18-40-25-13-39-30(43-10-7-33(43)16-41(17-33)14-26(35)36)23(12-37)27(25)31(44)42(18)9-2-3-19-4-5-20(34)11-22(19)21-6-8-38-28-24(32(45)46)15-47-29(21)28/h4-6,8,11,13,15,26H,7,9-10,14,16-17H2,1H3,(H,45,46). The molecule has 47 heavy (non-hydrogen) atoms. The molecule has 1 spiro atoms. The van der Waals surface area contributed by atoms with Gasteiger partial charge >= 0.3 is 5.97 Å². The van der Waals surface area contributed by atoms with Gasteiger partial charge in [0.05, 0.1) is 51.5 Å². The number of nitriles is 1. The quantitative estimate of drug-likeness (QED) is 0.243. The molecule has 0 radical (unpaired) electrons. The molecule has 0 amide bonds. The third-order valence-corrected chi connectivity index (χ3v) is 10.00. The molecule has 2 aliphatic rings. The van der Waals surface area contributed by atoms with Crippen molar-refractivity contribution >= 4 is 55.8 Å². The molecule has 4 aromatic heterocycles. The SMILES string of the molecule is Cc1nc2cnc(N3CCC34CN(CC(F)F)C4)c(C#N)c2c(=O)n1CC#Cc1ccc(Cl)cc1-c1ccnc2c(C(=O)O)csc12. The van der Waals surface area contributed by atoms with Gasteiger partial charge in [-0.1, -0.05) is 23.4 Å². The lowest BCUT2D eigenvalue weighted by molar-refractivity contribution is -0.0167. The molecular formula is C33H24ClF2N7O3S. The topological polar surface area (TPSA) is 128 Å². The van der Waals surface area contributed by atoms with E-state index in [9.17, 15) is 28.7 Å².